The van der Waals surface area contributed by atoms with Gasteiger partial charge in [-0.15, -0.1) is 0 Å². The summed E-state index contributed by atoms with van der Waals surface area (Å²) in [4.78, 5) is 25.0. The number of carbonyl (C=O) groups excluding carboxylic acids is 1. The maximum Gasteiger partial charge on any atom is 0.343 e. The first-order chi connectivity index (χ1) is 7.29. The van der Waals surface area contributed by atoms with Crippen LogP contribution < -0.4 is 0 Å². The van der Waals surface area contributed by atoms with Gasteiger partial charge in [-0.1, -0.05) is 0 Å². The number of aromatic nitrogens is 1. The summed E-state index contributed by atoms with van der Waals surface area (Å²) in [7, 11) is -1.96. The number of rotatable bonds is 3. The summed E-state index contributed by atoms with van der Waals surface area (Å²) >= 11 is 0. The molecule has 0 aromatic carbocycles. The van der Waals surface area contributed by atoms with E-state index in [1.807, 2.05) is 19.6 Å². The Labute approximate surface area is 93.5 Å². The molecule has 16 heavy (non-hydrogen) atoms. The highest BCUT2D eigenvalue weighted by atomic mass is 28.4. The zero-order valence-electron chi connectivity index (χ0n) is 9.26. The topological polar surface area (TPSA) is 82.3 Å². The minimum atomic E-state index is -1.96. The van der Waals surface area contributed by atoms with Crippen LogP contribution in [-0.4, -0.2) is 24.2 Å². The third-order valence-electron chi connectivity index (χ3n) is 1.57. The molecule has 1 rings (SSSR count). The maximum absolute atomic E-state index is 11.5. The van der Waals surface area contributed by atoms with Crippen molar-refractivity contribution in [3.05, 3.63) is 34.1 Å². The molecular weight excluding hydrogens is 228 g/mol. The first-order valence-corrected chi connectivity index (χ1v) is 8.04. The Morgan fingerprint density at radius 3 is 2.44 bits per heavy atom. The lowest BCUT2D eigenvalue weighted by molar-refractivity contribution is -0.385. The molecule has 1 aromatic heterocycles. The van der Waals surface area contributed by atoms with Crippen LogP contribution in [0.4, 0.5) is 5.69 Å². The van der Waals surface area contributed by atoms with Crippen LogP contribution in [0.15, 0.2) is 18.3 Å². The van der Waals surface area contributed by atoms with E-state index in [-0.39, 0.29) is 11.4 Å². The van der Waals surface area contributed by atoms with Crippen molar-refractivity contribution in [2.75, 3.05) is 0 Å². The smallest absolute Gasteiger partial charge is 0.343 e. The van der Waals surface area contributed by atoms with Gasteiger partial charge in [0, 0.05) is 6.07 Å². The molecule has 0 atom stereocenters. The van der Waals surface area contributed by atoms with Crippen molar-refractivity contribution >= 4 is 20.0 Å². The number of nitrogens with zero attached hydrogens (tertiary/aromatic N) is 2. The molecule has 0 aliphatic carbocycles. The van der Waals surface area contributed by atoms with Gasteiger partial charge < -0.3 is 4.43 Å². The van der Waals surface area contributed by atoms with E-state index in [4.69, 9.17) is 4.43 Å². The molecule has 0 aliphatic heterocycles. The Kier molecular flexibility index (Phi) is 3.38. The summed E-state index contributed by atoms with van der Waals surface area (Å²) in [5.74, 6) is -0.533. The number of pyridine rings is 1. The third-order valence-corrected chi connectivity index (χ3v) is 2.36. The molecule has 0 saturated heterocycles. The van der Waals surface area contributed by atoms with E-state index in [0.29, 0.717) is 0 Å². The van der Waals surface area contributed by atoms with Crippen molar-refractivity contribution in [1.29, 1.82) is 0 Å². The fraction of sp³-hybridized carbons (Fsp3) is 0.333. The summed E-state index contributed by atoms with van der Waals surface area (Å²) in [6, 6.07) is 2.52. The predicted octanol–water partition coefficient (Wildman–Crippen LogP) is 1.98. The van der Waals surface area contributed by atoms with Gasteiger partial charge in [0.2, 0.25) is 8.32 Å². The summed E-state index contributed by atoms with van der Waals surface area (Å²) in [6.45, 7) is 5.61. The molecule has 0 radical (unpaired) electrons. The summed E-state index contributed by atoms with van der Waals surface area (Å²) in [5, 5.41) is 10.4. The van der Waals surface area contributed by atoms with E-state index >= 15 is 0 Å². The second-order valence-corrected chi connectivity index (χ2v) is 8.59. The number of nitro groups is 1. The quantitative estimate of drug-likeness (QED) is 0.458. The lowest BCUT2D eigenvalue weighted by Gasteiger charge is -2.16. The molecule has 1 heterocycles. The van der Waals surface area contributed by atoms with Crippen molar-refractivity contribution in [2.24, 2.45) is 0 Å². The number of carbonyl (C=O) groups is 1. The van der Waals surface area contributed by atoms with Gasteiger partial charge in [0.15, 0.2) is 0 Å². The van der Waals surface area contributed by atoms with Crippen molar-refractivity contribution in [2.45, 2.75) is 19.6 Å². The van der Waals surface area contributed by atoms with E-state index in [1.54, 1.807) is 0 Å². The average Bonchev–Trinajstić information content (AvgIpc) is 2.15. The lowest BCUT2D eigenvalue weighted by Crippen LogP contribution is -2.29. The Morgan fingerprint density at radius 1 is 1.44 bits per heavy atom. The highest BCUT2D eigenvalue weighted by molar-refractivity contribution is 6.71. The minimum Gasteiger partial charge on any atom is -0.515 e. The molecule has 0 fully saturated rings. The van der Waals surface area contributed by atoms with Crippen molar-refractivity contribution in [1.82, 2.24) is 4.98 Å². The third kappa shape index (κ3) is 3.43. The number of hydrogen-bond donors (Lipinski definition) is 0. The first-order valence-electron chi connectivity index (χ1n) is 4.63. The first kappa shape index (κ1) is 12.3. The molecule has 0 amide bonds. The van der Waals surface area contributed by atoms with Gasteiger partial charge in [0.1, 0.15) is 11.9 Å². The zero-order valence-corrected chi connectivity index (χ0v) is 10.3. The van der Waals surface area contributed by atoms with E-state index in [1.165, 1.54) is 12.1 Å². The van der Waals surface area contributed by atoms with Crippen LogP contribution >= 0.6 is 0 Å². The monoisotopic (exact) mass is 240 g/mol. The SMILES string of the molecule is C[Si](C)(C)OC(=O)c1ccc([N+](=O)[O-])cn1. The molecule has 0 aliphatic rings. The standard InChI is InChI=1S/C9H12N2O4Si/c1-16(2,3)15-9(12)8-5-4-7(6-10-8)11(13)14/h4-6H,1-3H3. The lowest BCUT2D eigenvalue weighted by atomic mass is 10.3. The van der Waals surface area contributed by atoms with Gasteiger partial charge in [0.25, 0.3) is 5.69 Å². The van der Waals surface area contributed by atoms with Crippen LogP contribution in [-0.2, 0) is 4.43 Å². The van der Waals surface area contributed by atoms with Crippen LogP contribution in [0.3, 0.4) is 0 Å². The summed E-state index contributed by atoms with van der Waals surface area (Å²) in [5.41, 5.74) is -0.0578. The molecule has 86 valence electrons. The van der Waals surface area contributed by atoms with Gasteiger partial charge >= 0.3 is 5.97 Å². The van der Waals surface area contributed by atoms with Gasteiger partial charge in [0.05, 0.1) is 4.92 Å². The largest absolute Gasteiger partial charge is 0.515 e. The summed E-state index contributed by atoms with van der Waals surface area (Å²) in [6.07, 6.45) is 1.04. The molecule has 0 bridgehead atoms. The Morgan fingerprint density at radius 2 is 2.06 bits per heavy atom. The minimum absolute atomic E-state index is 0.0908. The Bertz CT molecular complexity index is 411. The van der Waals surface area contributed by atoms with Gasteiger partial charge in [-0.3, -0.25) is 10.1 Å². The van der Waals surface area contributed by atoms with Crippen molar-refractivity contribution in [3.63, 3.8) is 0 Å². The molecule has 0 spiro atoms. The molecule has 7 heteroatoms. The molecule has 0 N–H and O–H groups in total. The van der Waals surface area contributed by atoms with Gasteiger partial charge in [-0.05, 0) is 25.7 Å². The fourth-order valence-electron chi connectivity index (χ4n) is 0.945. The highest BCUT2D eigenvalue weighted by Gasteiger charge is 2.22. The normalized spacial score (nSPS) is 10.9. The maximum atomic E-state index is 11.5. The molecular formula is C9H12N2O4Si. The van der Waals surface area contributed by atoms with Crippen molar-refractivity contribution in [3.8, 4) is 0 Å². The predicted molar refractivity (Wildman–Crippen MR) is 59.7 cm³/mol. The molecule has 0 unspecified atom stereocenters. The second kappa shape index (κ2) is 4.39. The molecule has 1 aromatic rings. The zero-order chi connectivity index (χ0) is 12.3. The Hall–Kier alpha value is -1.76. The van der Waals surface area contributed by atoms with Crippen LogP contribution in [0.1, 0.15) is 10.5 Å². The fourth-order valence-corrected chi connectivity index (χ4v) is 1.61. The van der Waals surface area contributed by atoms with E-state index in [0.717, 1.165) is 6.20 Å². The van der Waals surface area contributed by atoms with Crippen LogP contribution in [0.5, 0.6) is 0 Å². The second-order valence-electron chi connectivity index (χ2n) is 4.16. The van der Waals surface area contributed by atoms with E-state index in [2.05, 4.69) is 4.98 Å². The summed E-state index contributed by atoms with van der Waals surface area (Å²) < 4.78 is 5.19. The van der Waals surface area contributed by atoms with E-state index in [9.17, 15) is 14.9 Å². The van der Waals surface area contributed by atoms with Crippen molar-refractivity contribution < 1.29 is 14.1 Å². The van der Waals surface area contributed by atoms with Crippen LogP contribution in [0.2, 0.25) is 19.6 Å². The average molecular weight is 240 g/mol. The van der Waals surface area contributed by atoms with E-state index < -0.39 is 19.2 Å². The van der Waals surface area contributed by atoms with Crippen LogP contribution in [0.25, 0.3) is 0 Å². The number of hydrogen-bond acceptors (Lipinski definition) is 5. The highest BCUT2D eigenvalue weighted by Crippen LogP contribution is 2.11. The molecule has 6 nitrogen and oxygen atoms in total. The Balaban J connectivity index is 2.82. The van der Waals surface area contributed by atoms with Gasteiger partial charge in [-0.25, -0.2) is 9.78 Å². The van der Waals surface area contributed by atoms with Gasteiger partial charge in [-0.2, -0.15) is 0 Å². The molecule has 0 saturated carbocycles. The van der Waals surface area contributed by atoms with Crippen LogP contribution in [0, 0.1) is 10.1 Å².